The van der Waals surface area contributed by atoms with Gasteiger partial charge in [-0.05, 0) is 72.7 Å². The first-order valence-corrected chi connectivity index (χ1v) is 8.06. The first kappa shape index (κ1) is 17.5. The Balaban J connectivity index is 2.79. The Hall–Kier alpha value is -0.540. The summed E-state index contributed by atoms with van der Waals surface area (Å²) >= 11 is 3.57. The molecule has 0 aliphatic heterocycles. The van der Waals surface area contributed by atoms with Gasteiger partial charge < -0.3 is 10.1 Å². The summed E-state index contributed by atoms with van der Waals surface area (Å²) in [6.07, 6.45) is 2.22. The molecule has 0 heterocycles. The maximum Gasteiger partial charge on any atom is 0.133 e. The highest BCUT2D eigenvalue weighted by atomic mass is 79.9. The molecule has 2 nitrogen and oxygen atoms in total. The van der Waals surface area contributed by atoms with Gasteiger partial charge in [0.1, 0.15) is 5.75 Å². The lowest BCUT2D eigenvalue weighted by Crippen LogP contribution is -2.43. The van der Waals surface area contributed by atoms with E-state index in [1.54, 1.807) is 7.11 Å². The molecule has 0 amide bonds. The Morgan fingerprint density at radius 3 is 2.30 bits per heavy atom. The Labute approximate surface area is 132 Å². The van der Waals surface area contributed by atoms with Gasteiger partial charge in [-0.1, -0.05) is 19.9 Å². The lowest BCUT2D eigenvalue weighted by Gasteiger charge is -2.33. The van der Waals surface area contributed by atoms with Crippen LogP contribution in [0.5, 0.6) is 5.75 Å². The van der Waals surface area contributed by atoms with Crippen LogP contribution < -0.4 is 10.1 Å². The van der Waals surface area contributed by atoms with Gasteiger partial charge in [0.25, 0.3) is 0 Å². The molecule has 0 aliphatic carbocycles. The second-order valence-corrected chi connectivity index (χ2v) is 7.77. The maximum absolute atomic E-state index is 5.29. The van der Waals surface area contributed by atoms with E-state index < -0.39 is 0 Å². The summed E-state index contributed by atoms with van der Waals surface area (Å²) in [4.78, 5) is 0. The van der Waals surface area contributed by atoms with Crippen molar-refractivity contribution in [1.29, 1.82) is 0 Å². The predicted molar refractivity (Wildman–Crippen MR) is 90.6 cm³/mol. The molecule has 0 saturated carbocycles. The van der Waals surface area contributed by atoms with Gasteiger partial charge in [-0.25, -0.2) is 0 Å². The van der Waals surface area contributed by atoms with E-state index in [-0.39, 0.29) is 11.0 Å². The van der Waals surface area contributed by atoms with Crippen LogP contribution in [0.4, 0.5) is 0 Å². The molecule has 0 saturated heterocycles. The van der Waals surface area contributed by atoms with Crippen LogP contribution in [0.15, 0.2) is 22.7 Å². The molecule has 1 aromatic carbocycles. The highest BCUT2D eigenvalue weighted by molar-refractivity contribution is 9.10. The third-order valence-electron chi connectivity index (χ3n) is 3.75. The smallest absolute Gasteiger partial charge is 0.133 e. The van der Waals surface area contributed by atoms with Crippen molar-refractivity contribution in [2.24, 2.45) is 5.41 Å². The molecule has 0 aromatic heterocycles. The summed E-state index contributed by atoms with van der Waals surface area (Å²) in [5, 5.41) is 3.63. The molecular formula is C17H28BrNO. The lowest BCUT2D eigenvalue weighted by molar-refractivity contribution is 0.255. The van der Waals surface area contributed by atoms with E-state index in [0.29, 0.717) is 0 Å². The molecule has 0 radical (unpaired) electrons. The lowest BCUT2D eigenvalue weighted by atomic mass is 9.80. The van der Waals surface area contributed by atoms with Crippen molar-refractivity contribution in [2.45, 2.75) is 53.0 Å². The number of benzene rings is 1. The second kappa shape index (κ2) is 6.95. The average molecular weight is 342 g/mol. The molecule has 1 N–H and O–H groups in total. The molecular weight excluding hydrogens is 314 g/mol. The number of ether oxygens (including phenoxy) is 1. The van der Waals surface area contributed by atoms with Crippen LogP contribution in [0.25, 0.3) is 0 Å². The minimum Gasteiger partial charge on any atom is -0.496 e. The van der Waals surface area contributed by atoms with Crippen LogP contribution in [0, 0.1) is 5.41 Å². The number of methoxy groups -OCH3 is 1. The van der Waals surface area contributed by atoms with E-state index in [1.807, 2.05) is 6.07 Å². The van der Waals surface area contributed by atoms with Crippen molar-refractivity contribution in [2.75, 3.05) is 13.7 Å². The highest BCUT2D eigenvalue weighted by Gasteiger charge is 2.25. The van der Waals surface area contributed by atoms with Gasteiger partial charge >= 0.3 is 0 Å². The van der Waals surface area contributed by atoms with Crippen molar-refractivity contribution in [3.8, 4) is 5.75 Å². The minimum atomic E-state index is 0.164. The van der Waals surface area contributed by atoms with Gasteiger partial charge in [0.05, 0.1) is 11.6 Å². The van der Waals surface area contributed by atoms with Crippen molar-refractivity contribution in [3.05, 3.63) is 28.2 Å². The molecule has 1 unspecified atom stereocenters. The van der Waals surface area contributed by atoms with Crippen LogP contribution in [-0.2, 0) is 6.42 Å². The highest BCUT2D eigenvalue weighted by Crippen LogP contribution is 2.31. The van der Waals surface area contributed by atoms with Crippen molar-refractivity contribution in [1.82, 2.24) is 5.32 Å². The van der Waals surface area contributed by atoms with E-state index in [2.05, 4.69) is 68.0 Å². The molecule has 0 spiro atoms. The summed E-state index contributed by atoms with van der Waals surface area (Å²) in [6, 6.07) is 6.37. The molecule has 0 fully saturated rings. The summed E-state index contributed by atoms with van der Waals surface area (Å²) in [5.41, 5.74) is 1.77. The minimum absolute atomic E-state index is 0.164. The van der Waals surface area contributed by atoms with Crippen molar-refractivity contribution < 1.29 is 4.74 Å². The van der Waals surface area contributed by atoms with Gasteiger partial charge in [-0.2, -0.15) is 0 Å². The van der Waals surface area contributed by atoms with E-state index in [9.17, 15) is 0 Å². The van der Waals surface area contributed by atoms with Gasteiger partial charge in [0.15, 0.2) is 0 Å². The Bertz CT molecular complexity index is 439. The zero-order valence-electron chi connectivity index (χ0n) is 13.6. The van der Waals surface area contributed by atoms with Gasteiger partial charge in [-0.3, -0.25) is 0 Å². The van der Waals surface area contributed by atoms with Crippen LogP contribution in [0.2, 0.25) is 0 Å². The van der Waals surface area contributed by atoms with Crippen molar-refractivity contribution >= 4 is 15.9 Å². The molecule has 3 heteroatoms. The van der Waals surface area contributed by atoms with Gasteiger partial charge in [0.2, 0.25) is 0 Å². The fourth-order valence-electron chi connectivity index (χ4n) is 2.10. The molecule has 1 rings (SSSR count). The van der Waals surface area contributed by atoms with E-state index in [0.717, 1.165) is 29.6 Å². The molecule has 20 heavy (non-hydrogen) atoms. The first-order chi connectivity index (χ1) is 9.19. The summed E-state index contributed by atoms with van der Waals surface area (Å²) in [6.45, 7) is 12.3. The van der Waals surface area contributed by atoms with Crippen molar-refractivity contribution in [3.63, 3.8) is 0 Å². The Morgan fingerprint density at radius 1 is 1.20 bits per heavy atom. The maximum atomic E-state index is 5.29. The second-order valence-electron chi connectivity index (χ2n) is 6.91. The molecule has 1 aromatic rings. The molecule has 0 bridgehead atoms. The summed E-state index contributed by atoms with van der Waals surface area (Å²) in [5.74, 6) is 0.889. The number of halogens is 1. The Morgan fingerprint density at radius 2 is 1.85 bits per heavy atom. The largest absolute Gasteiger partial charge is 0.496 e. The fraction of sp³-hybridized carbons (Fsp3) is 0.647. The third-order valence-corrected chi connectivity index (χ3v) is 4.37. The summed E-state index contributed by atoms with van der Waals surface area (Å²) in [7, 11) is 1.70. The topological polar surface area (TPSA) is 21.3 Å². The third kappa shape index (κ3) is 5.45. The number of hydrogen-bond donors (Lipinski definition) is 1. The van der Waals surface area contributed by atoms with Gasteiger partial charge in [-0.15, -0.1) is 0 Å². The van der Waals surface area contributed by atoms with Gasteiger partial charge in [0, 0.05) is 12.1 Å². The monoisotopic (exact) mass is 341 g/mol. The van der Waals surface area contributed by atoms with Crippen LogP contribution >= 0.6 is 15.9 Å². The average Bonchev–Trinajstić information content (AvgIpc) is 2.36. The van der Waals surface area contributed by atoms with Crippen LogP contribution in [0.3, 0.4) is 0 Å². The van der Waals surface area contributed by atoms with E-state index in [1.165, 1.54) is 5.56 Å². The Kier molecular flexibility index (Phi) is 6.08. The zero-order valence-corrected chi connectivity index (χ0v) is 15.2. The normalized spacial score (nSPS) is 14.9. The zero-order chi connectivity index (χ0) is 15.4. The predicted octanol–water partition coefficient (Wildman–Crippen LogP) is 4.80. The molecule has 0 aliphatic rings. The first-order valence-electron chi connectivity index (χ1n) is 7.26. The van der Waals surface area contributed by atoms with E-state index in [4.69, 9.17) is 4.74 Å². The molecule has 1 atom stereocenters. The van der Waals surface area contributed by atoms with Crippen LogP contribution in [0.1, 0.15) is 46.6 Å². The standard InChI is InChI=1S/C17H28BrNO/c1-7-17(5,12-19-16(2,3)4)11-13-8-9-15(20-6)14(18)10-13/h8-10,19H,7,11-12H2,1-6H3. The SMILES string of the molecule is CCC(C)(CNC(C)(C)C)Cc1ccc(OC)c(Br)c1. The number of nitrogens with one attached hydrogen (secondary N) is 1. The molecule has 114 valence electrons. The number of hydrogen-bond acceptors (Lipinski definition) is 2. The number of rotatable bonds is 6. The summed E-state index contributed by atoms with van der Waals surface area (Å²) < 4.78 is 6.32. The quantitative estimate of drug-likeness (QED) is 0.801. The van der Waals surface area contributed by atoms with Crippen LogP contribution in [-0.4, -0.2) is 19.2 Å². The van der Waals surface area contributed by atoms with E-state index >= 15 is 0 Å². The fourth-order valence-corrected chi connectivity index (χ4v) is 2.69.